The van der Waals surface area contributed by atoms with Gasteiger partial charge < -0.3 is 4.74 Å². The van der Waals surface area contributed by atoms with E-state index < -0.39 is 0 Å². The van der Waals surface area contributed by atoms with Gasteiger partial charge in [-0.25, -0.2) is 14.2 Å². The molecular weight excluding hydrogens is 349 g/mol. The first-order valence-corrected chi connectivity index (χ1v) is 9.04. The first-order valence-electron chi connectivity index (χ1n) is 9.04. The molecule has 0 aliphatic carbocycles. The van der Waals surface area contributed by atoms with Crippen molar-refractivity contribution in [1.82, 2.24) is 24.0 Å². The summed E-state index contributed by atoms with van der Waals surface area (Å²) in [6.45, 7) is 2.95. The number of fused-ring (bicyclic) bond motifs is 1. The van der Waals surface area contributed by atoms with Crippen molar-refractivity contribution in [3.63, 3.8) is 0 Å². The van der Waals surface area contributed by atoms with E-state index in [1.165, 1.54) is 6.20 Å². The first kappa shape index (κ1) is 17.8. The van der Waals surface area contributed by atoms with Crippen LogP contribution < -0.4 is 5.69 Å². The van der Waals surface area contributed by atoms with Gasteiger partial charge in [0.2, 0.25) is 0 Å². The van der Waals surface area contributed by atoms with Crippen molar-refractivity contribution in [2.75, 3.05) is 26.8 Å². The summed E-state index contributed by atoms with van der Waals surface area (Å²) in [5, 5.41) is 0. The van der Waals surface area contributed by atoms with E-state index in [-0.39, 0.29) is 17.5 Å². The highest BCUT2D eigenvalue weighted by molar-refractivity contribution is 5.71. The minimum Gasteiger partial charge on any atom is -0.383 e. The van der Waals surface area contributed by atoms with Crippen molar-refractivity contribution in [2.45, 2.75) is 25.6 Å². The topological polar surface area (TPSA) is 65.2 Å². The zero-order valence-corrected chi connectivity index (χ0v) is 15.2. The third kappa shape index (κ3) is 3.38. The number of hydrogen-bond donors (Lipinski definition) is 0. The van der Waals surface area contributed by atoms with Gasteiger partial charge >= 0.3 is 5.69 Å². The van der Waals surface area contributed by atoms with E-state index >= 15 is 0 Å². The number of nitrogens with zero attached hydrogens (tertiary/aromatic N) is 5. The molecule has 8 heteroatoms. The van der Waals surface area contributed by atoms with Crippen molar-refractivity contribution in [3.8, 4) is 0 Å². The SMILES string of the molecule is COCCn1c(=O)n([C@@H]2CCN(Cc3ccncc3F)C2)c2ncccc21. The number of methoxy groups -OCH3 is 1. The van der Waals surface area contributed by atoms with E-state index in [4.69, 9.17) is 4.74 Å². The number of ether oxygens (including phenoxy) is 1. The summed E-state index contributed by atoms with van der Waals surface area (Å²) in [6, 6.07) is 5.47. The molecule has 0 aromatic carbocycles. The predicted octanol–water partition coefficient (Wildman–Crippen LogP) is 1.83. The molecule has 0 unspecified atom stereocenters. The lowest BCUT2D eigenvalue weighted by Gasteiger charge is -2.16. The Kier molecular flexibility index (Phi) is 5.00. The van der Waals surface area contributed by atoms with Crippen LogP contribution in [0.3, 0.4) is 0 Å². The van der Waals surface area contributed by atoms with E-state index in [9.17, 15) is 9.18 Å². The largest absolute Gasteiger partial charge is 0.383 e. The number of pyridine rings is 2. The Bertz CT molecular complexity index is 999. The van der Waals surface area contributed by atoms with E-state index in [0.717, 1.165) is 18.5 Å². The van der Waals surface area contributed by atoms with Gasteiger partial charge in [-0.1, -0.05) is 0 Å². The van der Waals surface area contributed by atoms with Crippen LogP contribution in [0, 0.1) is 5.82 Å². The quantitative estimate of drug-likeness (QED) is 0.661. The summed E-state index contributed by atoms with van der Waals surface area (Å²) in [7, 11) is 1.62. The van der Waals surface area contributed by atoms with Gasteiger partial charge in [-0.15, -0.1) is 0 Å². The van der Waals surface area contributed by atoms with Crippen molar-refractivity contribution in [2.24, 2.45) is 0 Å². The van der Waals surface area contributed by atoms with Crippen LogP contribution >= 0.6 is 0 Å². The highest BCUT2D eigenvalue weighted by Gasteiger charge is 2.28. The Morgan fingerprint density at radius 3 is 3.04 bits per heavy atom. The molecule has 1 aliphatic rings. The molecule has 3 aromatic rings. The average molecular weight is 371 g/mol. The predicted molar refractivity (Wildman–Crippen MR) is 99.0 cm³/mol. The lowest BCUT2D eigenvalue weighted by molar-refractivity contribution is 0.187. The Labute approximate surface area is 156 Å². The Morgan fingerprint density at radius 1 is 1.33 bits per heavy atom. The molecule has 0 bridgehead atoms. The zero-order valence-electron chi connectivity index (χ0n) is 15.2. The molecule has 4 rings (SSSR count). The normalized spacial score (nSPS) is 17.8. The molecule has 0 saturated carbocycles. The number of hydrogen-bond acceptors (Lipinski definition) is 5. The molecule has 7 nitrogen and oxygen atoms in total. The van der Waals surface area contributed by atoms with E-state index in [2.05, 4.69) is 14.9 Å². The van der Waals surface area contributed by atoms with Crippen molar-refractivity contribution < 1.29 is 9.13 Å². The van der Waals surface area contributed by atoms with E-state index in [1.807, 2.05) is 12.1 Å². The second-order valence-electron chi connectivity index (χ2n) is 6.79. The van der Waals surface area contributed by atoms with Crippen LogP contribution in [-0.2, 0) is 17.8 Å². The Morgan fingerprint density at radius 2 is 2.22 bits per heavy atom. The Balaban J connectivity index is 1.61. The molecule has 1 atom stereocenters. The molecule has 1 saturated heterocycles. The number of likely N-dealkylation sites (tertiary alicyclic amines) is 1. The van der Waals surface area contributed by atoms with Gasteiger partial charge in [-0.3, -0.25) is 19.0 Å². The van der Waals surface area contributed by atoms with Gasteiger partial charge in [0.25, 0.3) is 0 Å². The lowest BCUT2D eigenvalue weighted by Crippen LogP contribution is -2.30. The van der Waals surface area contributed by atoms with Crippen LogP contribution in [0.1, 0.15) is 18.0 Å². The minimum atomic E-state index is -0.295. The van der Waals surface area contributed by atoms with Gasteiger partial charge in [-0.05, 0) is 24.6 Å². The second kappa shape index (κ2) is 7.58. The number of halogens is 1. The van der Waals surface area contributed by atoms with Crippen LogP contribution in [-0.4, -0.2) is 50.8 Å². The van der Waals surface area contributed by atoms with Crippen molar-refractivity contribution in [1.29, 1.82) is 0 Å². The number of rotatable bonds is 6. The highest BCUT2D eigenvalue weighted by Crippen LogP contribution is 2.25. The smallest absolute Gasteiger partial charge is 0.330 e. The van der Waals surface area contributed by atoms with Crippen LogP contribution in [0.5, 0.6) is 0 Å². The molecule has 0 spiro atoms. The third-order valence-electron chi connectivity index (χ3n) is 5.10. The zero-order chi connectivity index (χ0) is 18.8. The molecule has 0 amide bonds. The lowest BCUT2D eigenvalue weighted by atomic mass is 10.2. The fraction of sp³-hybridized carbons (Fsp3) is 0.421. The average Bonchev–Trinajstić information content (AvgIpc) is 3.23. The van der Waals surface area contributed by atoms with Gasteiger partial charge in [0.05, 0.1) is 30.9 Å². The van der Waals surface area contributed by atoms with E-state index in [0.29, 0.717) is 37.5 Å². The summed E-state index contributed by atoms with van der Waals surface area (Å²) in [5.74, 6) is -0.295. The second-order valence-corrected chi connectivity index (χ2v) is 6.79. The first-order chi connectivity index (χ1) is 13.2. The molecular formula is C19H22FN5O2. The number of aromatic nitrogens is 4. The monoisotopic (exact) mass is 371 g/mol. The maximum atomic E-state index is 13.9. The van der Waals surface area contributed by atoms with Gasteiger partial charge in [0, 0.05) is 44.7 Å². The summed E-state index contributed by atoms with van der Waals surface area (Å²) in [4.78, 5) is 23.5. The van der Waals surface area contributed by atoms with Gasteiger partial charge in [0.1, 0.15) is 5.82 Å². The van der Waals surface area contributed by atoms with Crippen LogP contribution in [0.4, 0.5) is 4.39 Å². The van der Waals surface area contributed by atoms with Gasteiger partial charge in [-0.2, -0.15) is 0 Å². The molecule has 1 aliphatic heterocycles. The summed E-state index contributed by atoms with van der Waals surface area (Å²) >= 11 is 0. The molecule has 0 radical (unpaired) electrons. The molecule has 1 fully saturated rings. The summed E-state index contributed by atoms with van der Waals surface area (Å²) in [6.07, 6.45) is 5.37. The molecule has 142 valence electrons. The Hall–Kier alpha value is -2.58. The van der Waals surface area contributed by atoms with Crippen molar-refractivity contribution >= 4 is 11.2 Å². The van der Waals surface area contributed by atoms with Crippen LogP contribution in [0.25, 0.3) is 11.2 Å². The van der Waals surface area contributed by atoms with Crippen LogP contribution in [0.2, 0.25) is 0 Å². The van der Waals surface area contributed by atoms with Crippen LogP contribution in [0.15, 0.2) is 41.6 Å². The highest BCUT2D eigenvalue weighted by atomic mass is 19.1. The molecule has 4 heterocycles. The maximum Gasteiger partial charge on any atom is 0.330 e. The molecule has 3 aromatic heterocycles. The third-order valence-corrected chi connectivity index (χ3v) is 5.10. The molecule has 27 heavy (non-hydrogen) atoms. The van der Waals surface area contributed by atoms with E-state index in [1.54, 1.807) is 34.7 Å². The minimum absolute atomic E-state index is 0.0172. The van der Waals surface area contributed by atoms with Gasteiger partial charge in [0.15, 0.2) is 5.65 Å². The summed E-state index contributed by atoms with van der Waals surface area (Å²) in [5.41, 5.74) is 2.07. The van der Waals surface area contributed by atoms with Crippen molar-refractivity contribution in [3.05, 3.63) is 58.7 Å². The number of imidazole rings is 1. The summed E-state index contributed by atoms with van der Waals surface area (Å²) < 4.78 is 22.5. The standard InChI is InChI=1S/C19H22FN5O2/c1-27-10-9-24-17-3-2-6-22-18(17)25(19(24)26)15-5-8-23(13-15)12-14-4-7-21-11-16(14)20/h2-4,6-7,11,15H,5,8-10,12-13H2,1H3/t15-/m1/s1. The fourth-order valence-electron chi connectivity index (χ4n) is 3.78. The molecule has 0 N–H and O–H groups in total. The fourth-order valence-corrected chi connectivity index (χ4v) is 3.78. The maximum absolute atomic E-state index is 13.9.